The standard InChI is InChI=1S/C21H26ClN3O2/c1-16-3-6-18(15-20(16)22)23-21(26)25-13-11-24(12-14-25)10-9-17-4-7-19(27-2)8-5-17/h3-8,15H,9-14H2,1-2H3,(H,23,26). The summed E-state index contributed by atoms with van der Waals surface area (Å²) < 4.78 is 5.19. The number of carbonyl (C=O) groups excluding carboxylic acids is 1. The zero-order valence-electron chi connectivity index (χ0n) is 15.9. The van der Waals surface area contributed by atoms with Crippen molar-refractivity contribution >= 4 is 23.3 Å². The predicted octanol–water partition coefficient (Wildman–Crippen LogP) is 4.05. The van der Waals surface area contributed by atoms with Crippen LogP contribution in [0.3, 0.4) is 0 Å². The van der Waals surface area contributed by atoms with Crippen LogP contribution in [0.15, 0.2) is 42.5 Å². The molecule has 6 heteroatoms. The summed E-state index contributed by atoms with van der Waals surface area (Å²) in [4.78, 5) is 16.7. The second-order valence-electron chi connectivity index (χ2n) is 6.82. The van der Waals surface area contributed by atoms with Gasteiger partial charge in [-0.1, -0.05) is 29.8 Å². The summed E-state index contributed by atoms with van der Waals surface area (Å²) in [5.74, 6) is 0.883. The lowest BCUT2D eigenvalue weighted by atomic mass is 10.1. The quantitative estimate of drug-likeness (QED) is 0.841. The van der Waals surface area contributed by atoms with Gasteiger partial charge in [-0.2, -0.15) is 0 Å². The molecule has 1 fully saturated rings. The Morgan fingerprint density at radius 2 is 1.81 bits per heavy atom. The predicted molar refractivity (Wildman–Crippen MR) is 110 cm³/mol. The summed E-state index contributed by atoms with van der Waals surface area (Å²) in [5, 5.41) is 3.60. The van der Waals surface area contributed by atoms with E-state index in [2.05, 4.69) is 22.3 Å². The first kappa shape index (κ1) is 19.5. The number of hydrogen-bond acceptors (Lipinski definition) is 3. The Balaban J connectivity index is 1.43. The smallest absolute Gasteiger partial charge is 0.321 e. The Labute approximate surface area is 165 Å². The van der Waals surface area contributed by atoms with Crippen molar-refractivity contribution < 1.29 is 9.53 Å². The molecule has 1 saturated heterocycles. The lowest BCUT2D eigenvalue weighted by Gasteiger charge is -2.34. The Bertz CT molecular complexity index is 771. The summed E-state index contributed by atoms with van der Waals surface area (Å²) in [6.07, 6.45) is 0.998. The number of nitrogens with one attached hydrogen (secondary N) is 1. The van der Waals surface area contributed by atoms with Crippen molar-refractivity contribution in [3.8, 4) is 5.75 Å². The molecule has 3 rings (SSSR count). The van der Waals surface area contributed by atoms with Crippen molar-refractivity contribution in [2.24, 2.45) is 0 Å². The molecule has 1 N–H and O–H groups in total. The third-order valence-electron chi connectivity index (χ3n) is 4.96. The third kappa shape index (κ3) is 5.37. The van der Waals surface area contributed by atoms with Gasteiger partial charge < -0.3 is 15.0 Å². The van der Waals surface area contributed by atoms with E-state index in [0.717, 1.165) is 56.1 Å². The number of rotatable bonds is 5. The fourth-order valence-corrected chi connectivity index (χ4v) is 3.31. The van der Waals surface area contributed by atoms with Crippen molar-refractivity contribution in [2.45, 2.75) is 13.3 Å². The van der Waals surface area contributed by atoms with Gasteiger partial charge in [0.1, 0.15) is 5.75 Å². The molecule has 0 atom stereocenters. The van der Waals surface area contributed by atoms with Crippen LogP contribution in [-0.4, -0.2) is 55.7 Å². The highest BCUT2D eigenvalue weighted by molar-refractivity contribution is 6.31. The zero-order valence-corrected chi connectivity index (χ0v) is 16.6. The van der Waals surface area contributed by atoms with E-state index in [0.29, 0.717) is 5.02 Å². The van der Waals surface area contributed by atoms with Gasteiger partial charge in [0, 0.05) is 43.4 Å². The molecule has 0 saturated carbocycles. The van der Waals surface area contributed by atoms with Gasteiger partial charge in [-0.25, -0.2) is 4.79 Å². The van der Waals surface area contributed by atoms with Gasteiger partial charge in [0.2, 0.25) is 0 Å². The minimum absolute atomic E-state index is 0.0651. The summed E-state index contributed by atoms with van der Waals surface area (Å²) >= 11 is 6.13. The van der Waals surface area contributed by atoms with Gasteiger partial charge in [-0.3, -0.25) is 4.90 Å². The lowest BCUT2D eigenvalue weighted by Crippen LogP contribution is -2.50. The summed E-state index contributed by atoms with van der Waals surface area (Å²) in [7, 11) is 1.68. The van der Waals surface area contributed by atoms with E-state index in [4.69, 9.17) is 16.3 Å². The molecule has 2 aromatic rings. The van der Waals surface area contributed by atoms with Gasteiger partial charge in [0.25, 0.3) is 0 Å². The minimum atomic E-state index is -0.0651. The first-order chi connectivity index (χ1) is 13.0. The van der Waals surface area contributed by atoms with Crippen LogP contribution in [0, 0.1) is 6.92 Å². The van der Waals surface area contributed by atoms with Crippen LogP contribution in [0.5, 0.6) is 5.75 Å². The molecule has 0 bridgehead atoms. The summed E-state index contributed by atoms with van der Waals surface area (Å²) in [6, 6.07) is 13.7. The SMILES string of the molecule is COc1ccc(CCN2CCN(C(=O)Nc3ccc(C)c(Cl)c3)CC2)cc1. The van der Waals surface area contributed by atoms with Gasteiger partial charge in [0.15, 0.2) is 0 Å². The number of aryl methyl sites for hydroxylation is 1. The molecule has 0 radical (unpaired) electrons. The molecule has 0 spiro atoms. The van der Waals surface area contributed by atoms with E-state index in [-0.39, 0.29) is 6.03 Å². The first-order valence-electron chi connectivity index (χ1n) is 9.22. The van der Waals surface area contributed by atoms with Crippen LogP contribution in [0.2, 0.25) is 5.02 Å². The van der Waals surface area contributed by atoms with Crippen molar-refractivity contribution in [3.05, 3.63) is 58.6 Å². The summed E-state index contributed by atoms with van der Waals surface area (Å²) in [6.45, 7) is 6.17. The molecule has 1 aliphatic rings. The maximum absolute atomic E-state index is 12.5. The zero-order chi connectivity index (χ0) is 19.2. The van der Waals surface area contributed by atoms with Crippen molar-refractivity contribution in [3.63, 3.8) is 0 Å². The lowest BCUT2D eigenvalue weighted by molar-refractivity contribution is 0.148. The van der Waals surface area contributed by atoms with Crippen LogP contribution in [-0.2, 0) is 6.42 Å². The van der Waals surface area contributed by atoms with Crippen molar-refractivity contribution in [2.75, 3.05) is 45.2 Å². The van der Waals surface area contributed by atoms with Crippen LogP contribution in [0.4, 0.5) is 10.5 Å². The van der Waals surface area contributed by atoms with Crippen molar-refractivity contribution in [1.29, 1.82) is 0 Å². The highest BCUT2D eigenvalue weighted by Gasteiger charge is 2.21. The minimum Gasteiger partial charge on any atom is -0.497 e. The van der Waals surface area contributed by atoms with Crippen molar-refractivity contribution in [1.82, 2.24) is 9.80 Å². The number of amides is 2. The first-order valence-corrected chi connectivity index (χ1v) is 9.60. The molecular weight excluding hydrogens is 362 g/mol. The number of urea groups is 1. The molecule has 144 valence electrons. The van der Waals surface area contributed by atoms with Crippen LogP contribution < -0.4 is 10.1 Å². The molecule has 0 aliphatic carbocycles. The number of carbonyl (C=O) groups is 1. The number of piperazine rings is 1. The van der Waals surface area contributed by atoms with Gasteiger partial charge >= 0.3 is 6.03 Å². The monoisotopic (exact) mass is 387 g/mol. The molecule has 0 aromatic heterocycles. The largest absolute Gasteiger partial charge is 0.497 e. The number of ether oxygens (including phenoxy) is 1. The number of benzene rings is 2. The number of halogens is 1. The van der Waals surface area contributed by atoms with E-state index in [1.807, 2.05) is 36.1 Å². The Morgan fingerprint density at radius 3 is 2.44 bits per heavy atom. The third-order valence-corrected chi connectivity index (χ3v) is 5.37. The average Bonchev–Trinajstić information content (AvgIpc) is 2.70. The number of nitrogens with zero attached hydrogens (tertiary/aromatic N) is 2. The van der Waals surface area contributed by atoms with Crippen LogP contribution in [0.25, 0.3) is 0 Å². The van der Waals surface area contributed by atoms with Crippen LogP contribution in [0.1, 0.15) is 11.1 Å². The van der Waals surface area contributed by atoms with E-state index in [1.54, 1.807) is 13.2 Å². The fraction of sp³-hybridized carbons (Fsp3) is 0.381. The van der Waals surface area contributed by atoms with Gasteiger partial charge in [-0.05, 0) is 48.7 Å². The Morgan fingerprint density at radius 1 is 1.11 bits per heavy atom. The molecule has 5 nitrogen and oxygen atoms in total. The second-order valence-corrected chi connectivity index (χ2v) is 7.23. The van der Waals surface area contributed by atoms with Gasteiger partial charge in [-0.15, -0.1) is 0 Å². The number of anilines is 1. The molecule has 27 heavy (non-hydrogen) atoms. The highest BCUT2D eigenvalue weighted by Crippen LogP contribution is 2.20. The normalized spacial score (nSPS) is 14.9. The van der Waals surface area contributed by atoms with E-state index >= 15 is 0 Å². The molecule has 0 unspecified atom stereocenters. The Kier molecular flexibility index (Phi) is 6.58. The molecule has 2 aromatic carbocycles. The van der Waals surface area contributed by atoms with Crippen LogP contribution >= 0.6 is 11.6 Å². The molecule has 1 heterocycles. The topological polar surface area (TPSA) is 44.8 Å². The van der Waals surface area contributed by atoms with Gasteiger partial charge in [0.05, 0.1) is 7.11 Å². The molecule has 2 amide bonds. The highest BCUT2D eigenvalue weighted by atomic mass is 35.5. The molecular formula is C21H26ClN3O2. The average molecular weight is 388 g/mol. The maximum Gasteiger partial charge on any atom is 0.321 e. The number of methoxy groups -OCH3 is 1. The summed E-state index contributed by atoms with van der Waals surface area (Å²) in [5.41, 5.74) is 3.03. The van der Waals surface area contributed by atoms with E-state index in [9.17, 15) is 4.79 Å². The maximum atomic E-state index is 12.5. The fourth-order valence-electron chi connectivity index (χ4n) is 3.13. The molecule has 1 aliphatic heterocycles. The Hall–Kier alpha value is -2.24. The second kappa shape index (κ2) is 9.11. The van der Waals surface area contributed by atoms with E-state index in [1.165, 1.54) is 5.56 Å². The number of hydrogen-bond donors (Lipinski definition) is 1. The van der Waals surface area contributed by atoms with E-state index < -0.39 is 0 Å².